The van der Waals surface area contributed by atoms with Gasteiger partial charge in [0.05, 0.1) is 7.11 Å². The minimum Gasteiger partial charge on any atom is -0.496 e. The van der Waals surface area contributed by atoms with Crippen molar-refractivity contribution in [2.75, 3.05) is 7.11 Å². The molecule has 0 heterocycles. The van der Waals surface area contributed by atoms with Crippen LogP contribution in [0.25, 0.3) is 0 Å². The van der Waals surface area contributed by atoms with Gasteiger partial charge in [-0.1, -0.05) is 19.1 Å². The van der Waals surface area contributed by atoms with E-state index in [-0.39, 0.29) is 5.92 Å². The number of ketones is 1. The van der Waals surface area contributed by atoms with E-state index < -0.39 is 0 Å². The molecule has 0 bridgehead atoms. The van der Waals surface area contributed by atoms with E-state index in [9.17, 15) is 4.79 Å². The average molecular weight is 190 g/mol. The zero-order valence-electron chi connectivity index (χ0n) is 8.54. The van der Waals surface area contributed by atoms with Gasteiger partial charge in [-0.3, -0.25) is 4.79 Å². The first-order valence-electron chi connectivity index (χ1n) is 4.92. The van der Waals surface area contributed by atoms with E-state index in [1.54, 1.807) is 7.11 Å². The van der Waals surface area contributed by atoms with Gasteiger partial charge in [0.15, 0.2) is 0 Å². The highest BCUT2D eigenvalue weighted by Gasteiger charge is 2.25. The first kappa shape index (κ1) is 9.25. The molecule has 74 valence electrons. The monoisotopic (exact) mass is 190 g/mol. The predicted molar refractivity (Wildman–Crippen MR) is 54.7 cm³/mol. The third kappa shape index (κ3) is 1.31. The van der Waals surface area contributed by atoms with E-state index in [0.29, 0.717) is 12.2 Å². The van der Waals surface area contributed by atoms with Crippen LogP contribution < -0.4 is 4.74 Å². The molecule has 0 unspecified atom stereocenters. The van der Waals surface area contributed by atoms with Gasteiger partial charge in [-0.05, 0) is 23.6 Å². The van der Waals surface area contributed by atoms with Gasteiger partial charge in [0.1, 0.15) is 11.5 Å². The smallest absolute Gasteiger partial charge is 0.140 e. The van der Waals surface area contributed by atoms with E-state index in [2.05, 4.69) is 0 Å². The molecule has 0 radical (unpaired) electrons. The Balaban J connectivity index is 2.52. The van der Waals surface area contributed by atoms with E-state index >= 15 is 0 Å². The lowest BCUT2D eigenvalue weighted by atomic mass is 9.82. The quantitative estimate of drug-likeness (QED) is 0.679. The number of Topliss-reactive ketones (excluding diaryl/α,β-unsaturated/α-hetero) is 1. The van der Waals surface area contributed by atoms with E-state index in [1.165, 1.54) is 5.56 Å². The summed E-state index contributed by atoms with van der Waals surface area (Å²) in [6, 6.07) is 5.94. The SMILES string of the molecule is COc1cccc2c1CCC(=O)[C@H]2C. The topological polar surface area (TPSA) is 26.3 Å². The standard InChI is InChI=1S/C12H14O2/c1-8-9-4-3-5-12(14-2)10(9)6-7-11(8)13/h3-5,8H,6-7H2,1-2H3/t8-/m0/s1. The number of carbonyl (C=O) groups excluding carboxylic acids is 1. The molecule has 0 fully saturated rings. The van der Waals surface area contributed by atoms with Crippen molar-refractivity contribution in [3.63, 3.8) is 0 Å². The molecule has 1 aromatic rings. The second-order valence-corrected chi connectivity index (χ2v) is 3.72. The van der Waals surface area contributed by atoms with Gasteiger partial charge < -0.3 is 4.74 Å². The van der Waals surface area contributed by atoms with Crippen molar-refractivity contribution in [1.82, 2.24) is 0 Å². The van der Waals surface area contributed by atoms with Gasteiger partial charge >= 0.3 is 0 Å². The summed E-state index contributed by atoms with van der Waals surface area (Å²) < 4.78 is 5.28. The van der Waals surface area contributed by atoms with Crippen LogP contribution in [0, 0.1) is 0 Å². The molecule has 0 saturated heterocycles. The fraction of sp³-hybridized carbons (Fsp3) is 0.417. The largest absolute Gasteiger partial charge is 0.496 e. The van der Waals surface area contributed by atoms with Crippen molar-refractivity contribution in [2.45, 2.75) is 25.7 Å². The number of fused-ring (bicyclic) bond motifs is 1. The van der Waals surface area contributed by atoms with Crippen molar-refractivity contribution in [2.24, 2.45) is 0 Å². The highest BCUT2D eigenvalue weighted by Crippen LogP contribution is 2.34. The summed E-state index contributed by atoms with van der Waals surface area (Å²) in [4.78, 5) is 11.5. The molecule has 0 aliphatic heterocycles. The Morgan fingerprint density at radius 1 is 1.36 bits per heavy atom. The van der Waals surface area contributed by atoms with Crippen LogP contribution in [0.3, 0.4) is 0 Å². The summed E-state index contributed by atoms with van der Waals surface area (Å²) in [5.41, 5.74) is 2.35. The number of hydrogen-bond acceptors (Lipinski definition) is 2. The highest BCUT2D eigenvalue weighted by atomic mass is 16.5. The molecule has 0 saturated carbocycles. The van der Waals surface area contributed by atoms with Crippen LogP contribution in [0.4, 0.5) is 0 Å². The van der Waals surface area contributed by atoms with Gasteiger partial charge in [-0.15, -0.1) is 0 Å². The summed E-state index contributed by atoms with van der Waals surface area (Å²) in [7, 11) is 1.68. The zero-order valence-corrected chi connectivity index (χ0v) is 8.54. The molecule has 1 aliphatic rings. The Morgan fingerprint density at radius 3 is 2.86 bits per heavy atom. The molecule has 1 atom stereocenters. The first-order chi connectivity index (χ1) is 6.74. The third-order valence-corrected chi connectivity index (χ3v) is 2.96. The second-order valence-electron chi connectivity index (χ2n) is 3.72. The fourth-order valence-corrected chi connectivity index (χ4v) is 2.09. The molecule has 1 aromatic carbocycles. The van der Waals surface area contributed by atoms with E-state index in [4.69, 9.17) is 4.74 Å². The molecule has 1 aliphatic carbocycles. The maximum atomic E-state index is 11.5. The minimum absolute atomic E-state index is 0.0360. The minimum atomic E-state index is 0.0360. The molecule has 2 rings (SSSR count). The number of ether oxygens (including phenoxy) is 1. The summed E-state index contributed by atoms with van der Waals surface area (Å²) in [5, 5.41) is 0. The number of carbonyl (C=O) groups is 1. The normalized spacial score (nSPS) is 20.4. The van der Waals surface area contributed by atoms with Crippen molar-refractivity contribution in [3.05, 3.63) is 29.3 Å². The van der Waals surface area contributed by atoms with Gasteiger partial charge in [0.2, 0.25) is 0 Å². The number of rotatable bonds is 1. The van der Waals surface area contributed by atoms with Crippen LogP contribution >= 0.6 is 0 Å². The summed E-state index contributed by atoms with van der Waals surface area (Å²) in [6.45, 7) is 1.97. The summed E-state index contributed by atoms with van der Waals surface area (Å²) >= 11 is 0. The predicted octanol–water partition coefficient (Wildman–Crippen LogP) is 2.31. The van der Waals surface area contributed by atoms with Crippen molar-refractivity contribution >= 4 is 5.78 Å². The zero-order chi connectivity index (χ0) is 10.1. The molecule has 0 spiro atoms. The van der Waals surface area contributed by atoms with Crippen LogP contribution in [-0.4, -0.2) is 12.9 Å². The first-order valence-corrected chi connectivity index (χ1v) is 4.92. The molecule has 0 N–H and O–H groups in total. The molecular formula is C12H14O2. The molecule has 0 amide bonds. The van der Waals surface area contributed by atoms with Gasteiger partial charge in [-0.25, -0.2) is 0 Å². The number of hydrogen-bond donors (Lipinski definition) is 0. The number of methoxy groups -OCH3 is 1. The molecule has 2 nitrogen and oxygen atoms in total. The van der Waals surface area contributed by atoms with E-state index in [1.807, 2.05) is 25.1 Å². The Kier molecular flexibility index (Phi) is 2.28. The molecule has 2 heteroatoms. The van der Waals surface area contributed by atoms with Crippen molar-refractivity contribution in [1.29, 1.82) is 0 Å². The van der Waals surface area contributed by atoms with Gasteiger partial charge in [0, 0.05) is 12.3 Å². The number of benzene rings is 1. The van der Waals surface area contributed by atoms with Crippen LogP contribution in [0.1, 0.15) is 30.4 Å². The van der Waals surface area contributed by atoms with Crippen LogP contribution in [0.2, 0.25) is 0 Å². The summed E-state index contributed by atoms with van der Waals surface area (Å²) in [6.07, 6.45) is 1.47. The van der Waals surface area contributed by atoms with Crippen molar-refractivity contribution in [3.8, 4) is 5.75 Å². The summed E-state index contributed by atoms with van der Waals surface area (Å²) in [5.74, 6) is 1.29. The maximum absolute atomic E-state index is 11.5. The van der Waals surface area contributed by atoms with Crippen LogP contribution in [0.15, 0.2) is 18.2 Å². The lowest BCUT2D eigenvalue weighted by Gasteiger charge is -2.22. The van der Waals surface area contributed by atoms with Crippen molar-refractivity contribution < 1.29 is 9.53 Å². The average Bonchev–Trinajstić information content (AvgIpc) is 2.23. The van der Waals surface area contributed by atoms with Gasteiger partial charge in [-0.2, -0.15) is 0 Å². The molecule has 14 heavy (non-hydrogen) atoms. The van der Waals surface area contributed by atoms with Crippen LogP contribution in [-0.2, 0) is 11.2 Å². The highest BCUT2D eigenvalue weighted by molar-refractivity contribution is 5.88. The van der Waals surface area contributed by atoms with Crippen LogP contribution in [0.5, 0.6) is 5.75 Å². The van der Waals surface area contributed by atoms with Gasteiger partial charge in [0.25, 0.3) is 0 Å². The fourth-order valence-electron chi connectivity index (χ4n) is 2.09. The lowest BCUT2D eigenvalue weighted by molar-refractivity contribution is -0.120. The second kappa shape index (κ2) is 3.45. The Morgan fingerprint density at radius 2 is 2.14 bits per heavy atom. The van der Waals surface area contributed by atoms with E-state index in [0.717, 1.165) is 17.7 Å². The lowest BCUT2D eigenvalue weighted by Crippen LogP contribution is -2.18. The Bertz CT molecular complexity index is 369. The maximum Gasteiger partial charge on any atom is 0.140 e. The Labute approximate surface area is 83.9 Å². The third-order valence-electron chi connectivity index (χ3n) is 2.96. The molecule has 0 aromatic heterocycles. The molecular weight excluding hydrogens is 176 g/mol. The Hall–Kier alpha value is -1.31.